The molecule has 0 radical (unpaired) electrons. The highest BCUT2D eigenvalue weighted by Crippen LogP contribution is 2.33. The Hall–Kier alpha value is -1.03. The van der Waals surface area contributed by atoms with Crippen LogP contribution < -0.4 is 5.32 Å². The van der Waals surface area contributed by atoms with E-state index in [-0.39, 0.29) is 11.4 Å². The van der Waals surface area contributed by atoms with Crippen LogP contribution in [0.4, 0.5) is 0 Å². The maximum absolute atomic E-state index is 12.2. The molecule has 0 aromatic carbocycles. The fraction of sp³-hybridized carbons (Fsp3) is 0.667. The third-order valence-corrected chi connectivity index (χ3v) is 3.89. The summed E-state index contributed by atoms with van der Waals surface area (Å²) in [6.45, 7) is 4.57. The zero-order valence-corrected chi connectivity index (χ0v) is 11.0. The molecule has 1 amide bonds. The predicted molar refractivity (Wildman–Crippen MR) is 67.4 cm³/mol. The Labute approximate surface area is 106 Å². The van der Waals surface area contributed by atoms with E-state index in [0.717, 1.165) is 25.0 Å². The van der Waals surface area contributed by atoms with Crippen LogP contribution in [-0.4, -0.2) is 27.1 Å². The van der Waals surface area contributed by atoms with Gasteiger partial charge in [0.1, 0.15) is 5.69 Å². The van der Waals surface area contributed by atoms with E-state index < -0.39 is 0 Å². The van der Waals surface area contributed by atoms with Crippen molar-refractivity contribution in [1.29, 1.82) is 0 Å². The molecule has 1 aliphatic carbocycles. The lowest BCUT2D eigenvalue weighted by atomic mass is 9.78. The van der Waals surface area contributed by atoms with Gasteiger partial charge in [0.2, 0.25) is 0 Å². The van der Waals surface area contributed by atoms with Crippen LogP contribution in [0, 0.1) is 6.92 Å². The molecule has 0 atom stereocenters. The minimum absolute atomic E-state index is 0.0622. The van der Waals surface area contributed by atoms with Crippen molar-refractivity contribution >= 4 is 17.5 Å². The van der Waals surface area contributed by atoms with Crippen LogP contribution in [0.3, 0.4) is 0 Å². The van der Waals surface area contributed by atoms with Crippen molar-refractivity contribution in [3.63, 3.8) is 0 Å². The topological polar surface area (TPSA) is 46.9 Å². The number of rotatable bonds is 4. The van der Waals surface area contributed by atoms with Crippen LogP contribution in [0.1, 0.15) is 42.4 Å². The monoisotopic (exact) mass is 255 g/mol. The van der Waals surface area contributed by atoms with E-state index in [1.165, 1.54) is 0 Å². The molecular weight excluding hydrogens is 238 g/mol. The van der Waals surface area contributed by atoms with Crippen LogP contribution in [0.15, 0.2) is 6.07 Å². The van der Waals surface area contributed by atoms with Crippen LogP contribution in [-0.2, 0) is 6.54 Å². The Morgan fingerprint density at radius 2 is 2.35 bits per heavy atom. The first-order valence-corrected chi connectivity index (χ1v) is 6.56. The first-order valence-electron chi connectivity index (χ1n) is 6.03. The fourth-order valence-corrected chi connectivity index (χ4v) is 2.50. The average Bonchev–Trinajstić information content (AvgIpc) is 2.65. The standard InChI is InChI=1S/C12H18ClN3O/c1-3-16-10(7-9(2)15-16)11(17)14-12(8-13)5-4-6-12/h7H,3-6,8H2,1-2H3,(H,14,17). The van der Waals surface area contributed by atoms with E-state index >= 15 is 0 Å². The van der Waals surface area contributed by atoms with E-state index in [2.05, 4.69) is 10.4 Å². The third kappa shape index (κ3) is 2.32. The summed E-state index contributed by atoms with van der Waals surface area (Å²) in [6, 6.07) is 1.82. The SMILES string of the molecule is CCn1nc(C)cc1C(=O)NC1(CCl)CCC1. The Kier molecular flexibility index (Phi) is 3.43. The Bertz CT molecular complexity index is 418. The van der Waals surface area contributed by atoms with Gasteiger partial charge in [-0.15, -0.1) is 11.6 Å². The van der Waals surface area contributed by atoms with E-state index in [4.69, 9.17) is 11.6 Å². The number of carbonyl (C=O) groups excluding carboxylic acids is 1. The largest absolute Gasteiger partial charge is 0.344 e. The highest BCUT2D eigenvalue weighted by atomic mass is 35.5. The summed E-state index contributed by atoms with van der Waals surface area (Å²) in [5.41, 5.74) is 1.31. The molecule has 5 heteroatoms. The van der Waals surface area contributed by atoms with Crippen LogP contribution in [0.5, 0.6) is 0 Å². The first-order chi connectivity index (χ1) is 8.10. The molecule has 1 saturated carbocycles. The highest BCUT2D eigenvalue weighted by Gasteiger charge is 2.38. The van der Waals surface area contributed by atoms with Gasteiger partial charge < -0.3 is 5.32 Å². The normalized spacial score (nSPS) is 17.6. The van der Waals surface area contributed by atoms with Crippen molar-refractivity contribution < 1.29 is 4.79 Å². The highest BCUT2D eigenvalue weighted by molar-refractivity contribution is 6.19. The number of alkyl halides is 1. The van der Waals surface area contributed by atoms with Crippen molar-refractivity contribution in [3.05, 3.63) is 17.5 Å². The lowest BCUT2D eigenvalue weighted by molar-refractivity contribution is 0.0842. The van der Waals surface area contributed by atoms with Gasteiger partial charge >= 0.3 is 0 Å². The molecular formula is C12H18ClN3O. The van der Waals surface area contributed by atoms with Crippen LogP contribution >= 0.6 is 11.6 Å². The van der Waals surface area contributed by atoms with Gasteiger partial charge in [-0.25, -0.2) is 0 Å². The van der Waals surface area contributed by atoms with Gasteiger partial charge in [0, 0.05) is 12.4 Å². The molecule has 4 nitrogen and oxygen atoms in total. The van der Waals surface area contributed by atoms with E-state index in [9.17, 15) is 4.79 Å². The number of hydrogen-bond donors (Lipinski definition) is 1. The summed E-state index contributed by atoms with van der Waals surface area (Å²) in [4.78, 5) is 12.2. The summed E-state index contributed by atoms with van der Waals surface area (Å²) in [6.07, 6.45) is 3.09. The molecule has 0 unspecified atom stereocenters. The van der Waals surface area contributed by atoms with Crippen LogP contribution in [0.25, 0.3) is 0 Å². The minimum Gasteiger partial charge on any atom is -0.344 e. The number of hydrogen-bond acceptors (Lipinski definition) is 2. The second kappa shape index (κ2) is 4.69. The second-order valence-electron chi connectivity index (χ2n) is 4.71. The third-order valence-electron chi connectivity index (χ3n) is 3.38. The van der Waals surface area contributed by atoms with Crippen molar-refractivity contribution in [1.82, 2.24) is 15.1 Å². The number of aryl methyl sites for hydroxylation is 2. The van der Waals surface area contributed by atoms with Crippen LogP contribution in [0.2, 0.25) is 0 Å². The molecule has 1 heterocycles. The Morgan fingerprint density at radius 3 is 2.82 bits per heavy atom. The van der Waals surface area contributed by atoms with Gasteiger partial charge in [-0.05, 0) is 39.2 Å². The molecule has 17 heavy (non-hydrogen) atoms. The lowest BCUT2D eigenvalue weighted by Gasteiger charge is -2.40. The van der Waals surface area contributed by atoms with Gasteiger partial charge in [-0.1, -0.05) is 0 Å². The molecule has 0 bridgehead atoms. The molecule has 1 aromatic heterocycles. The van der Waals surface area contributed by atoms with Gasteiger partial charge in [0.05, 0.1) is 11.2 Å². The van der Waals surface area contributed by atoms with Crippen molar-refractivity contribution in [2.24, 2.45) is 0 Å². The van der Waals surface area contributed by atoms with Gasteiger partial charge in [-0.3, -0.25) is 9.48 Å². The summed E-state index contributed by atoms with van der Waals surface area (Å²) in [5.74, 6) is 0.422. The lowest BCUT2D eigenvalue weighted by Crippen LogP contribution is -2.55. The number of amides is 1. The summed E-state index contributed by atoms with van der Waals surface area (Å²) in [5, 5.41) is 7.32. The molecule has 0 aliphatic heterocycles. The smallest absolute Gasteiger partial charge is 0.270 e. The Balaban J connectivity index is 2.14. The number of nitrogens with zero attached hydrogens (tertiary/aromatic N) is 2. The molecule has 2 rings (SSSR count). The van der Waals surface area contributed by atoms with Crippen molar-refractivity contribution in [2.45, 2.75) is 45.2 Å². The number of halogens is 1. The average molecular weight is 256 g/mol. The molecule has 1 fully saturated rings. The molecule has 1 N–H and O–H groups in total. The molecule has 94 valence electrons. The predicted octanol–water partition coefficient (Wildman–Crippen LogP) is 2.10. The summed E-state index contributed by atoms with van der Waals surface area (Å²) in [7, 11) is 0. The molecule has 0 saturated heterocycles. The van der Waals surface area contributed by atoms with E-state index in [1.807, 2.05) is 19.9 Å². The summed E-state index contributed by atoms with van der Waals surface area (Å²) >= 11 is 5.93. The number of carbonyl (C=O) groups is 1. The van der Waals surface area contributed by atoms with E-state index in [0.29, 0.717) is 18.1 Å². The van der Waals surface area contributed by atoms with E-state index in [1.54, 1.807) is 4.68 Å². The maximum Gasteiger partial charge on any atom is 0.270 e. The van der Waals surface area contributed by atoms with Crippen molar-refractivity contribution in [3.8, 4) is 0 Å². The zero-order valence-electron chi connectivity index (χ0n) is 10.3. The van der Waals surface area contributed by atoms with Gasteiger partial charge in [0.25, 0.3) is 5.91 Å². The molecule has 0 spiro atoms. The maximum atomic E-state index is 12.2. The second-order valence-corrected chi connectivity index (χ2v) is 4.98. The fourth-order valence-electron chi connectivity index (χ4n) is 2.17. The summed E-state index contributed by atoms with van der Waals surface area (Å²) < 4.78 is 1.73. The number of nitrogens with one attached hydrogen (secondary N) is 1. The quantitative estimate of drug-likeness (QED) is 0.838. The zero-order chi connectivity index (χ0) is 12.5. The molecule has 1 aromatic rings. The molecule has 1 aliphatic rings. The van der Waals surface area contributed by atoms with Gasteiger partial charge in [-0.2, -0.15) is 5.10 Å². The Morgan fingerprint density at radius 1 is 1.65 bits per heavy atom. The first kappa shape index (κ1) is 12.4. The minimum atomic E-state index is -0.185. The van der Waals surface area contributed by atoms with Gasteiger partial charge in [0.15, 0.2) is 0 Å². The van der Waals surface area contributed by atoms with Crippen molar-refractivity contribution in [2.75, 3.05) is 5.88 Å². The number of aromatic nitrogens is 2.